The van der Waals surface area contributed by atoms with Crippen LogP contribution in [0.5, 0.6) is 5.75 Å². The van der Waals surface area contributed by atoms with Gasteiger partial charge in [-0.05, 0) is 47.4 Å². The summed E-state index contributed by atoms with van der Waals surface area (Å²) in [5.41, 5.74) is 0. The van der Waals surface area contributed by atoms with Gasteiger partial charge in [-0.2, -0.15) is 0 Å². The summed E-state index contributed by atoms with van der Waals surface area (Å²) in [7, 11) is 0. The van der Waals surface area contributed by atoms with Gasteiger partial charge in [-0.3, -0.25) is 0 Å². The molecule has 1 atom stereocenters. The van der Waals surface area contributed by atoms with Gasteiger partial charge in [-0.25, -0.2) is 0 Å². The molecule has 2 nitrogen and oxygen atoms in total. The van der Waals surface area contributed by atoms with E-state index in [9.17, 15) is 0 Å². The molecule has 17 heavy (non-hydrogen) atoms. The van der Waals surface area contributed by atoms with Crippen LogP contribution in [0.3, 0.4) is 0 Å². The molecule has 0 fully saturated rings. The van der Waals surface area contributed by atoms with E-state index in [4.69, 9.17) is 44.1 Å². The standard InChI is InChI=1S/C10H12Cl2IO2PS/c1-3-14-16(17,4-2)15-10-6-7(11)9(13)5-8(10)12/h5-6H,3-4H2,1-2H3. The Kier molecular flexibility index (Phi) is 6.51. The van der Waals surface area contributed by atoms with E-state index in [1.54, 1.807) is 12.1 Å². The van der Waals surface area contributed by atoms with Crippen LogP contribution in [0.4, 0.5) is 0 Å². The molecule has 0 spiro atoms. The summed E-state index contributed by atoms with van der Waals surface area (Å²) >= 11 is 19.6. The molecule has 0 aliphatic rings. The first-order valence-electron chi connectivity index (χ1n) is 4.99. The Hall–Kier alpha value is 0.940. The molecule has 1 rings (SSSR count). The largest absolute Gasteiger partial charge is 0.442 e. The normalized spacial score (nSPS) is 14.4. The van der Waals surface area contributed by atoms with E-state index in [0.717, 1.165) is 3.57 Å². The highest BCUT2D eigenvalue weighted by Gasteiger charge is 2.19. The predicted molar refractivity (Wildman–Crippen MR) is 86.3 cm³/mol. The quantitative estimate of drug-likeness (QED) is 0.361. The Morgan fingerprint density at radius 3 is 2.47 bits per heavy atom. The molecule has 0 amide bonds. The molecule has 0 aliphatic heterocycles. The van der Waals surface area contributed by atoms with Crippen molar-refractivity contribution in [2.75, 3.05) is 12.8 Å². The summed E-state index contributed by atoms with van der Waals surface area (Å²) in [6.07, 6.45) is 0.649. The van der Waals surface area contributed by atoms with Crippen LogP contribution in [0.1, 0.15) is 13.8 Å². The highest BCUT2D eigenvalue weighted by Crippen LogP contribution is 2.50. The maximum absolute atomic E-state index is 6.09. The monoisotopic (exact) mass is 424 g/mol. The summed E-state index contributed by atoms with van der Waals surface area (Å²) in [5, 5.41) is 1.10. The highest BCUT2D eigenvalue weighted by atomic mass is 127. The van der Waals surface area contributed by atoms with E-state index in [2.05, 4.69) is 22.6 Å². The predicted octanol–water partition coefficient (Wildman–Crippen LogP) is 5.34. The van der Waals surface area contributed by atoms with Crippen molar-refractivity contribution in [1.29, 1.82) is 0 Å². The van der Waals surface area contributed by atoms with Gasteiger partial charge in [0.15, 0.2) is 0 Å². The molecule has 0 aliphatic carbocycles. The van der Waals surface area contributed by atoms with Crippen molar-refractivity contribution in [1.82, 2.24) is 0 Å². The molecule has 0 radical (unpaired) electrons. The van der Waals surface area contributed by atoms with Gasteiger partial charge >= 0.3 is 0 Å². The molecule has 1 aromatic rings. The van der Waals surface area contributed by atoms with Crippen molar-refractivity contribution in [3.05, 3.63) is 25.7 Å². The van der Waals surface area contributed by atoms with Gasteiger partial charge in [0.2, 0.25) is 6.49 Å². The van der Waals surface area contributed by atoms with Gasteiger partial charge < -0.3 is 9.05 Å². The fraction of sp³-hybridized carbons (Fsp3) is 0.400. The average molecular weight is 425 g/mol. The Labute approximate surface area is 130 Å². The van der Waals surface area contributed by atoms with Crippen molar-refractivity contribution in [2.24, 2.45) is 0 Å². The smallest absolute Gasteiger partial charge is 0.237 e. The van der Waals surface area contributed by atoms with E-state index in [1.807, 2.05) is 13.8 Å². The number of halogens is 3. The zero-order valence-electron chi connectivity index (χ0n) is 9.37. The molecule has 0 heterocycles. The van der Waals surface area contributed by atoms with Gasteiger partial charge in [0.1, 0.15) is 5.75 Å². The number of rotatable bonds is 5. The first kappa shape index (κ1) is 16.0. The lowest BCUT2D eigenvalue weighted by atomic mass is 10.3. The molecule has 0 N–H and O–H groups in total. The SMILES string of the molecule is CCOP(=S)(CC)Oc1cc(Cl)c(I)cc1Cl. The van der Waals surface area contributed by atoms with E-state index in [1.165, 1.54) is 0 Å². The highest BCUT2D eigenvalue weighted by molar-refractivity contribution is 14.1. The molecule has 96 valence electrons. The Morgan fingerprint density at radius 2 is 1.94 bits per heavy atom. The third-order valence-electron chi connectivity index (χ3n) is 1.93. The van der Waals surface area contributed by atoms with Gasteiger partial charge in [0.05, 0.1) is 16.7 Å². The number of hydrogen-bond donors (Lipinski definition) is 0. The van der Waals surface area contributed by atoms with Crippen LogP contribution >= 0.6 is 52.3 Å². The lowest BCUT2D eigenvalue weighted by molar-refractivity contribution is 0.332. The molecule has 0 bridgehead atoms. The van der Waals surface area contributed by atoms with Crippen molar-refractivity contribution < 1.29 is 9.05 Å². The maximum atomic E-state index is 6.09. The lowest BCUT2D eigenvalue weighted by Crippen LogP contribution is -2.00. The van der Waals surface area contributed by atoms with Crippen molar-refractivity contribution in [3.8, 4) is 5.75 Å². The maximum Gasteiger partial charge on any atom is 0.237 e. The van der Waals surface area contributed by atoms with Gasteiger partial charge in [0.25, 0.3) is 0 Å². The van der Waals surface area contributed by atoms with E-state index in [0.29, 0.717) is 28.6 Å². The molecule has 1 unspecified atom stereocenters. The lowest BCUT2D eigenvalue weighted by Gasteiger charge is -2.21. The minimum atomic E-state index is -2.30. The third kappa shape index (κ3) is 4.51. The fourth-order valence-electron chi connectivity index (χ4n) is 1.10. The molecule has 7 heteroatoms. The van der Waals surface area contributed by atoms with Gasteiger partial charge in [0, 0.05) is 15.8 Å². The molecular weight excluding hydrogens is 413 g/mol. The van der Waals surface area contributed by atoms with E-state index in [-0.39, 0.29) is 0 Å². The topological polar surface area (TPSA) is 18.5 Å². The van der Waals surface area contributed by atoms with Crippen LogP contribution in [0, 0.1) is 3.57 Å². The summed E-state index contributed by atoms with van der Waals surface area (Å²) in [6, 6.07) is 3.43. The second kappa shape index (κ2) is 6.92. The van der Waals surface area contributed by atoms with Crippen LogP contribution < -0.4 is 4.52 Å². The first-order chi connectivity index (χ1) is 7.91. The van der Waals surface area contributed by atoms with E-state index < -0.39 is 6.49 Å². The van der Waals surface area contributed by atoms with Crippen molar-refractivity contribution in [2.45, 2.75) is 13.8 Å². The Bertz CT molecular complexity index is 456. The van der Waals surface area contributed by atoms with E-state index >= 15 is 0 Å². The summed E-state index contributed by atoms with van der Waals surface area (Å²) in [4.78, 5) is 0. The zero-order chi connectivity index (χ0) is 13.1. The number of benzene rings is 1. The van der Waals surface area contributed by atoms with Crippen LogP contribution in [0.2, 0.25) is 10.0 Å². The van der Waals surface area contributed by atoms with Crippen molar-refractivity contribution >= 4 is 64.1 Å². The summed E-state index contributed by atoms with van der Waals surface area (Å²) in [6.45, 7) is 2.07. The first-order valence-corrected chi connectivity index (χ1v) is 9.65. The Morgan fingerprint density at radius 1 is 1.29 bits per heavy atom. The third-order valence-corrected chi connectivity index (χ3v) is 6.96. The second-order valence-corrected chi connectivity index (χ2v) is 9.07. The van der Waals surface area contributed by atoms with Crippen LogP contribution in [0.15, 0.2) is 12.1 Å². The van der Waals surface area contributed by atoms with Crippen LogP contribution in [0.25, 0.3) is 0 Å². The molecule has 1 aromatic carbocycles. The summed E-state index contributed by atoms with van der Waals surface area (Å²) < 4.78 is 12.1. The van der Waals surface area contributed by atoms with Gasteiger partial charge in [-0.1, -0.05) is 30.1 Å². The Balaban J connectivity index is 3.02. The fourth-order valence-corrected chi connectivity index (χ4v) is 3.93. The van der Waals surface area contributed by atoms with Crippen LogP contribution in [-0.2, 0) is 16.3 Å². The van der Waals surface area contributed by atoms with Gasteiger partial charge in [-0.15, -0.1) is 0 Å². The summed E-state index contributed by atoms with van der Waals surface area (Å²) in [5.74, 6) is 0.496. The average Bonchev–Trinajstić information content (AvgIpc) is 2.26. The molecule has 0 saturated heterocycles. The number of hydrogen-bond acceptors (Lipinski definition) is 3. The van der Waals surface area contributed by atoms with Crippen molar-refractivity contribution in [3.63, 3.8) is 0 Å². The molecular formula is C10H12Cl2IO2PS. The minimum absolute atomic E-state index is 0.496. The second-order valence-electron chi connectivity index (χ2n) is 3.13. The molecule has 0 saturated carbocycles. The zero-order valence-corrected chi connectivity index (χ0v) is 14.8. The molecule has 0 aromatic heterocycles. The van der Waals surface area contributed by atoms with Crippen LogP contribution in [-0.4, -0.2) is 12.8 Å². The minimum Gasteiger partial charge on any atom is -0.442 e.